The van der Waals surface area contributed by atoms with Crippen LogP contribution in [0.4, 0.5) is 0 Å². The summed E-state index contributed by atoms with van der Waals surface area (Å²) in [6.45, 7) is 5.78. The van der Waals surface area contributed by atoms with Gasteiger partial charge in [-0.25, -0.2) is 4.79 Å². The highest BCUT2D eigenvalue weighted by atomic mass is 16.7. The number of carbonyl (C=O) groups is 3. The number of aliphatic hydroxyl groups excluding tert-OH is 2. The third-order valence-corrected chi connectivity index (χ3v) is 13.4. The van der Waals surface area contributed by atoms with E-state index < -0.39 is 35.1 Å². The Balaban J connectivity index is 1.27. The van der Waals surface area contributed by atoms with Crippen molar-refractivity contribution in [1.82, 2.24) is 0 Å². The lowest BCUT2D eigenvalue weighted by molar-refractivity contribution is -0.699. The van der Waals surface area contributed by atoms with Gasteiger partial charge in [-0.05, 0) is 101 Å². The number of aliphatic hydroxyl groups is 2. The normalized spacial score (nSPS) is 39.7. The molecule has 10 nitrogen and oxygen atoms in total. The highest BCUT2D eigenvalue weighted by Gasteiger charge is 2.87. The fourth-order valence-electron chi connectivity index (χ4n) is 10.6. The van der Waals surface area contributed by atoms with Crippen LogP contribution >= 0.6 is 0 Å². The highest BCUT2D eigenvalue weighted by Crippen LogP contribution is 2.62. The summed E-state index contributed by atoms with van der Waals surface area (Å²) in [7, 11) is 0. The second-order valence-corrected chi connectivity index (χ2v) is 16.4. The minimum atomic E-state index is -1.97. The first-order valence-corrected chi connectivity index (χ1v) is 19.7. The van der Waals surface area contributed by atoms with Gasteiger partial charge < -0.3 is 30.3 Å². The van der Waals surface area contributed by atoms with Gasteiger partial charge in [0.25, 0.3) is 5.60 Å². The fourth-order valence-corrected chi connectivity index (χ4v) is 10.6. The number of ether oxygens (including phenoxy) is 2. The average Bonchev–Trinajstić information content (AvgIpc) is 3.82. The minimum Gasteiger partial charge on any atom is -0.459 e. The third-order valence-electron chi connectivity index (χ3n) is 13.4. The molecule has 11 atom stereocenters. The average molecular weight is 686 g/mol. The van der Waals surface area contributed by atoms with E-state index in [4.69, 9.17) is 15.2 Å². The Hall–Kier alpha value is -1.95. The molecule has 2 heterocycles. The Morgan fingerprint density at radius 1 is 1.12 bits per heavy atom. The van der Waals surface area contributed by atoms with E-state index in [0.717, 1.165) is 82.9 Å². The van der Waals surface area contributed by atoms with E-state index in [2.05, 4.69) is 29.7 Å². The maximum Gasteiger partial charge on any atom is 0.350 e. The summed E-state index contributed by atoms with van der Waals surface area (Å²) in [5, 5.41) is 25.0. The zero-order chi connectivity index (χ0) is 34.8. The number of ketones is 2. The summed E-state index contributed by atoms with van der Waals surface area (Å²) < 4.78 is 12.9. The molecule has 0 aromatic carbocycles. The summed E-state index contributed by atoms with van der Waals surface area (Å²) in [6, 6.07) is 0.252. The molecule has 0 bridgehead atoms. The fraction of sp³-hybridized carbons (Fsp3) is 0.821. The molecular weight excluding hydrogens is 622 g/mol. The number of epoxide rings is 1. The first-order chi connectivity index (χ1) is 23.7. The van der Waals surface area contributed by atoms with Gasteiger partial charge in [0.05, 0.1) is 25.7 Å². The predicted octanol–water partition coefficient (Wildman–Crippen LogP) is 1.82. The van der Waals surface area contributed by atoms with Crippen molar-refractivity contribution < 1.29 is 44.7 Å². The second kappa shape index (κ2) is 15.7. The largest absolute Gasteiger partial charge is 0.459 e. The van der Waals surface area contributed by atoms with Gasteiger partial charge in [0.15, 0.2) is 17.2 Å². The number of fused-ring (bicyclic) bond motifs is 3. The van der Waals surface area contributed by atoms with E-state index in [1.165, 1.54) is 0 Å². The maximum atomic E-state index is 14.7. The van der Waals surface area contributed by atoms with Crippen molar-refractivity contribution in [2.24, 2.45) is 41.2 Å². The summed E-state index contributed by atoms with van der Waals surface area (Å²) in [5.74, 6) is -0.594. The molecule has 8 N–H and O–H groups in total. The predicted molar refractivity (Wildman–Crippen MR) is 184 cm³/mol. The standard InChI is InChI=1S/C39H61N3O7/c1-3-41-32-21-27-10-5-4-9-26(27)20-31(32)33(13-8-18-43)48-37(47)39-36(46)30-12-7-6-11-29(30)35(45)38(39,49-39)22-28(23-44)24(2)14-15-25-16-17-42-34(40)19-25/h5,10,25-27,29-34,41-44H,3-4,6-9,11-23,40H2,1-2H3/p+2. The molecule has 4 aliphatic carbocycles. The zero-order valence-electron chi connectivity index (χ0n) is 30.0. The van der Waals surface area contributed by atoms with Crippen LogP contribution in [0.2, 0.25) is 0 Å². The quantitative estimate of drug-likeness (QED) is 0.0798. The minimum absolute atomic E-state index is 0.0144. The van der Waals surface area contributed by atoms with E-state index >= 15 is 0 Å². The summed E-state index contributed by atoms with van der Waals surface area (Å²) >= 11 is 0. The third kappa shape index (κ3) is 7.12. The Kier molecular flexibility index (Phi) is 11.8. The molecule has 10 heteroatoms. The molecule has 11 unspecified atom stereocenters. The molecular formula is C39H63N3O7+2. The number of piperidine rings is 1. The number of hydrogen-bond donors (Lipinski definition) is 5. The van der Waals surface area contributed by atoms with E-state index in [0.29, 0.717) is 49.0 Å². The zero-order valence-corrected chi connectivity index (χ0v) is 30.0. The highest BCUT2D eigenvalue weighted by molar-refractivity contribution is 6.23. The van der Waals surface area contributed by atoms with Crippen LogP contribution in [0.5, 0.6) is 0 Å². The lowest BCUT2D eigenvalue weighted by atomic mass is 9.60. The molecule has 274 valence electrons. The molecule has 6 aliphatic rings. The van der Waals surface area contributed by atoms with Crippen LogP contribution in [0, 0.1) is 35.5 Å². The van der Waals surface area contributed by atoms with Gasteiger partial charge in [0.1, 0.15) is 12.3 Å². The molecule has 0 amide bonds. The van der Waals surface area contributed by atoms with Crippen molar-refractivity contribution in [2.75, 3.05) is 26.3 Å². The van der Waals surface area contributed by atoms with Crippen LogP contribution in [0.3, 0.4) is 0 Å². The molecule has 0 spiro atoms. The lowest BCUT2D eigenvalue weighted by Gasteiger charge is -2.43. The number of hydrogen-bond acceptors (Lipinski definition) is 8. The molecule has 2 aliphatic heterocycles. The second-order valence-electron chi connectivity index (χ2n) is 16.4. The topological polar surface area (TPSA) is 173 Å². The first-order valence-electron chi connectivity index (χ1n) is 19.7. The van der Waals surface area contributed by atoms with Crippen molar-refractivity contribution >= 4 is 17.5 Å². The van der Waals surface area contributed by atoms with Crippen molar-refractivity contribution in [3.8, 4) is 0 Å². The van der Waals surface area contributed by atoms with E-state index in [-0.39, 0.29) is 49.3 Å². The lowest BCUT2D eigenvalue weighted by Crippen LogP contribution is -2.94. The van der Waals surface area contributed by atoms with Gasteiger partial charge in [-0.15, -0.1) is 0 Å². The van der Waals surface area contributed by atoms with Crippen molar-refractivity contribution in [3.63, 3.8) is 0 Å². The number of Topliss-reactive ketones (excluding diaryl/α,β-unsaturated/α-hetero) is 2. The van der Waals surface area contributed by atoms with Crippen LogP contribution in [0.25, 0.3) is 0 Å². The molecule has 5 fully saturated rings. The van der Waals surface area contributed by atoms with Gasteiger partial charge in [-0.2, -0.15) is 0 Å². The van der Waals surface area contributed by atoms with Gasteiger partial charge in [-0.1, -0.05) is 30.6 Å². The number of rotatable bonds is 14. The summed E-state index contributed by atoms with van der Waals surface area (Å²) in [5.41, 5.74) is 4.25. The molecule has 0 radical (unpaired) electrons. The molecule has 3 saturated carbocycles. The van der Waals surface area contributed by atoms with Crippen LogP contribution in [-0.4, -0.2) is 83.6 Å². The number of esters is 1. The van der Waals surface area contributed by atoms with Gasteiger partial charge in [0.2, 0.25) is 0 Å². The van der Waals surface area contributed by atoms with Gasteiger partial charge >= 0.3 is 5.97 Å². The molecule has 49 heavy (non-hydrogen) atoms. The number of nitrogens with two attached hydrogens (primary N) is 3. The van der Waals surface area contributed by atoms with Crippen LogP contribution in [0.15, 0.2) is 23.3 Å². The summed E-state index contributed by atoms with van der Waals surface area (Å²) in [4.78, 5) is 43.7. The Labute approximate surface area is 292 Å². The van der Waals surface area contributed by atoms with Crippen molar-refractivity contribution in [3.05, 3.63) is 23.3 Å². The molecule has 2 saturated heterocycles. The smallest absolute Gasteiger partial charge is 0.350 e. The van der Waals surface area contributed by atoms with Crippen LogP contribution in [0.1, 0.15) is 110 Å². The van der Waals surface area contributed by atoms with E-state index in [1.54, 1.807) is 0 Å². The Morgan fingerprint density at radius 2 is 1.90 bits per heavy atom. The first kappa shape index (κ1) is 36.8. The van der Waals surface area contributed by atoms with Crippen molar-refractivity contribution in [1.29, 1.82) is 0 Å². The van der Waals surface area contributed by atoms with E-state index in [9.17, 15) is 24.6 Å². The van der Waals surface area contributed by atoms with Crippen molar-refractivity contribution in [2.45, 2.75) is 140 Å². The SMILES string of the molecule is CC[NH2+]C1CC2C=CCCC2CC1C(CCCO)OC(=O)C12OC1(CC(CO)=C(C)CCC1CC[NH2+]C(N)C1)C(=O)C1CCCCC1C2=O. The molecule has 0 aromatic heterocycles. The number of allylic oxidation sites excluding steroid dienone is 3. The van der Waals surface area contributed by atoms with Crippen LogP contribution in [-0.2, 0) is 23.9 Å². The number of quaternary nitrogens is 2. The molecule has 6 rings (SSSR count). The van der Waals surface area contributed by atoms with Gasteiger partial charge in [0, 0.05) is 43.6 Å². The molecule has 0 aromatic rings. The maximum absolute atomic E-state index is 14.7. The van der Waals surface area contributed by atoms with Crippen LogP contribution < -0.4 is 16.4 Å². The van der Waals surface area contributed by atoms with E-state index in [1.807, 2.05) is 6.92 Å². The number of carbonyl (C=O) groups excluding carboxylic acids is 3. The Morgan fingerprint density at radius 3 is 2.61 bits per heavy atom. The Bertz CT molecular complexity index is 1280. The summed E-state index contributed by atoms with van der Waals surface area (Å²) in [6.07, 6.45) is 16.1. The monoisotopic (exact) mass is 685 g/mol. The van der Waals surface area contributed by atoms with Gasteiger partial charge in [-0.3, -0.25) is 15.3 Å².